The van der Waals surface area contributed by atoms with Gasteiger partial charge in [0.1, 0.15) is 5.60 Å². The summed E-state index contributed by atoms with van der Waals surface area (Å²) < 4.78 is 0. The Bertz CT molecular complexity index is 617. The van der Waals surface area contributed by atoms with E-state index in [1.807, 2.05) is 0 Å². The van der Waals surface area contributed by atoms with Crippen LogP contribution in [-0.4, -0.2) is 33.1 Å². The van der Waals surface area contributed by atoms with Crippen molar-refractivity contribution in [1.29, 1.82) is 0 Å². The number of fused-ring (bicyclic) bond motifs is 4. The van der Waals surface area contributed by atoms with Crippen molar-refractivity contribution in [2.24, 2.45) is 29.1 Å². The maximum absolute atomic E-state index is 11.0. The largest absolute Gasteiger partial charge is 0.393 e. The molecular formula is C21H30O3. The summed E-state index contributed by atoms with van der Waals surface area (Å²) in [6, 6.07) is 0. The van der Waals surface area contributed by atoms with Gasteiger partial charge in [-0.15, -0.1) is 6.42 Å². The molecule has 8 atom stereocenters. The van der Waals surface area contributed by atoms with Crippen molar-refractivity contribution in [2.75, 3.05) is 0 Å². The molecule has 4 aliphatic carbocycles. The van der Waals surface area contributed by atoms with Gasteiger partial charge in [0.15, 0.2) is 0 Å². The summed E-state index contributed by atoms with van der Waals surface area (Å²) in [7, 11) is 0. The molecule has 3 heteroatoms. The lowest BCUT2D eigenvalue weighted by Gasteiger charge is -2.56. The molecule has 4 rings (SSSR count). The smallest absolute Gasteiger partial charge is 0.130 e. The fourth-order valence-electron chi connectivity index (χ4n) is 6.82. The van der Waals surface area contributed by atoms with E-state index in [0.717, 1.165) is 37.7 Å². The van der Waals surface area contributed by atoms with Crippen LogP contribution in [0, 0.1) is 41.4 Å². The van der Waals surface area contributed by atoms with Crippen molar-refractivity contribution in [3.8, 4) is 12.3 Å². The first-order chi connectivity index (χ1) is 11.3. The van der Waals surface area contributed by atoms with Crippen LogP contribution in [0.3, 0.4) is 0 Å². The highest BCUT2D eigenvalue weighted by Crippen LogP contribution is 2.65. The first-order valence-electron chi connectivity index (χ1n) is 9.60. The number of hydrogen-bond donors (Lipinski definition) is 3. The van der Waals surface area contributed by atoms with E-state index in [-0.39, 0.29) is 17.4 Å². The minimum atomic E-state index is -0.995. The van der Waals surface area contributed by atoms with Crippen LogP contribution in [0.5, 0.6) is 0 Å². The molecule has 0 unspecified atom stereocenters. The molecular weight excluding hydrogens is 300 g/mol. The molecule has 3 nitrogen and oxygen atoms in total. The van der Waals surface area contributed by atoms with Gasteiger partial charge >= 0.3 is 0 Å². The number of terminal acetylenes is 1. The van der Waals surface area contributed by atoms with Gasteiger partial charge in [-0.2, -0.15) is 0 Å². The van der Waals surface area contributed by atoms with Gasteiger partial charge in [-0.25, -0.2) is 0 Å². The van der Waals surface area contributed by atoms with Crippen LogP contribution >= 0.6 is 0 Å². The van der Waals surface area contributed by atoms with Crippen LogP contribution in [0.2, 0.25) is 0 Å². The highest BCUT2D eigenvalue weighted by molar-refractivity contribution is 5.33. The zero-order valence-corrected chi connectivity index (χ0v) is 14.8. The number of rotatable bonds is 0. The Labute approximate surface area is 145 Å². The summed E-state index contributed by atoms with van der Waals surface area (Å²) in [4.78, 5) is 0. The van der Waals surface area contributed by atoms with Crippen LogP contribution in [0.15, 0.2) is 11.1 Å². The van der Waals surface area contributed by atoms with Crippen LogP contribution in [0.1, 0.15) is 58.8 Å². The monoisotopic (exact) mass is 330 g/mol. The third kappa shape index (κ3) is 1.97. The minimum Gasteiger partial charge on any atom is -0.393 e. The van der Waals surface area contributed by atoms with E-state index >= 15 is 0 Å². The quantitative estimate of drug-likeness (QED) is 0.473. The van der Waals surface area contributed by atoms with Gasteiger partial charge in [-0.3, -0.25) is 0 Å². The van der Waals surface area contributed by atoms with E-state index in [2.05, 4.69) is 19.8 Å². The number of hydrogen-bond acceptors (Lipinski definition) is 3. The van der Waals surface area contributed by atoms with Crippen LogP contribution in [0.4, 0.5) is 0 Å². The Morgan fingerprint density at radius 1 is 1.12 bits per heavy atom. The third-order valence-electron chi connectivity index (χ3n) is 8.25. The van der Waals surface area contributed by atoms with Gasteiger partial charge in [0.05, 0.1) is 12.2 Å². The van der Waals surface area contributed by atoms with Gasteiger partial charge in [-0.05, 0) is 74.2 Å². The lowest BCUT2D eigenvalue weighted by molar-refractivity contribution is -0.0948. The molecule has 0 aromatic heterocycles. The van der Waals surface area contributed by atoms with Crippen molar-refractivity contribution in [3.63, 3.8) is 0 Å². The van der Waals surface area contributed by atoms with Gasteiger partial charge < -0.3 is 15.3 Å². The zero-order valence-electron chi connectivity index (χ0n) is 14.8. The van der Waals surface area contributed by atoms with Crippen LogP contribution in [-0.2, 0) is 0 Å². The van der Waals surface area contributed by atoms with Gasteiger partial charge in [0.25, 0.3) is 0 Å². The molecule has 0 bridgehead atoms. The summed E-state index contributed by atoms with van der Waals surface area (Å²) in [5, 5.41) is 32.0. The number of aliphatic hydroxyl groups excluding tert-OH is 2. The second-order valence-electron chi connectivity index (χ2n) is 9.04. The summed E-state index contributed by atoms with van der Waals surface area (Å²) >= 11 is 0. The molecule has 2 fully saturated rings. The van der Waals surface area contributed by atoms with Gasteiger partial charge in [0, 0.05) is 5.41 Å². The molecule has 4 aliphatic rings. The first kappa shape index (κ1) is 16.6. The Kier molecular flexibility index (Phi) is 3.70. The second kappa shape index (κ2) is 5.34. The predicted octanol–water partition coefficient (Wildman–Crippen LogP) is 2.65. The minimum absolute atomic E-state index is 0.170. The Morgan fingerprint density at radius 3 is 2.58 bits per heavy atom. The first-order valence-corrected chi connectivity index (χ1v) is 9.60. The van der Waals surface area contributed by atoms with E-state index in [4.69, 9.17) is 6.42 Å². The lowest BCUT2D eigenvalue weighted by Crippen LogP contribution is -2.54. The predicted molar refractivity (Wildman–Crippen MR) is 92.9 cm³/mol. The molecule has 0 spiro atoms. The van der Waals surface area contributed by atoms with Gasteiger partial charge in [-0.1, -0.05) is 25.3 Å². The third-order valence-corrected chi connectivity index (χ3v) is 8.25. The molecule has 0 heterocycles. The second-order valence-corrected chi connectivity index (χ2v) is 9.04. The van der Waals surface area contributed by atoms with Crippen molar-refractivity contribution in [3.05, 3.63) is 11.1 Å². The van der Waals surface area contributed by atoms with Crippen LogP contribution in [0.25, 0.3) is 0 Å². The number of aliphatic hydroxyl groups is 3. The maximum Gasteiger partial charge on any atom is 0.130 e. The highest BCUT2D eigenvalue weighted by atomic mass is 16.3. The van der Waals surface area contributed by atoms with E-state index in [1.165, 1.54) is 5.57 Å². The van der Waals surface area contributed by atoms with E-state index in [1.54, 1.807) is 0 Å². The molecule has 0 aliphatic heterocycles. The lowest BCUT2D eigenvalue weighted by atomic mass is 9.49. The zero-order chi connectivity index (χ0) is 17.3. The SMILES string of the molecule is C#C[C@]1(O)CC[C@H]2[C@@H]3[C@H](C)[C@@H](O)C4=C(CC[C@H](O)C4)[C@H]3CC[C@@]21C. The fraction of sp³-hybridized carbons (Fsp3) is 0.810. The molecule has 0 aromatic rings. The normalized spacial score (nSPS) is 53.8. The van der Waals surface area contributed by atoms with Crippen molar-refractivity contribution in [1.82, 2.24) is 0 Å². The summed E-state index contributed by atoms with van der Waals surface area (Å²) in [6.07, 6.45) is 11.0. The maximum atomic E-state index is 11.0. The summed E-state index contributed by atoms with van der Waals surface area (Å²) in [5.41, 5.74) is 1.32. The summed E-state index contributed by atoms with van der Waals surface area (Å²) in [5.74, 6) is 4.16. The fourth-order valence-corrected chi connectivity index (χ4v) is 6.82. The molecule has 0 aromatic carbocycles. The van der Waals surface area contributed by atoms with Gasteiger partial charge in [0.2, 0.25) is 0 Å². The molecule has 3 N–H and O–H groups in total. The summed E-state index contributed by atoms with van der Waals surface area (Å²) in [6.45, 7) is 4.33. The molecule has 0 saturated heterocycles. The average molecular weight is 330 g/mol. The molecule has 132 valence electrons. The average Bonchev–Trinajstić information content (AvgIpc) is 2.84. The van der Waals surface area contributed by atoms with Crippen molar-refractivity contribution < 1.29 is 15.3 Å². The Hall–Kier alpha value is -0.820. The van der Waals surface area contributed by atoms with E-state index in [9.17, 15) is 15.3 Å². The molecule has 0 radical (unpaired) electrons. The molecule has 2 saturated carbocycles. The van der Waals surface area contributed by atoms with Crippen molar-refractivity contribution in [2.45, 2.75) is 76.6 Å². The Balaban J connectivity index is 1.75. The topological polar surface area (TPSA) is 60.7 Å². The van der Waals surface area contributed by atoms with Crippen LogP contribution < -0.4 is 0 Å². The van der Waals surface area contributed by atoms with E-state index < -0.39 is 11.7 Å². The standard InChI is InChI=1S/C21H30O3/c1-4-21(24)10-8-17-18-12(2)19(23)16-11-13(22)5-6-14(16)15(18)7-9-20(17,21)3/h1,12-13,15,17-19,22-24H,5-11H2,2-3H3/t12-,13-,15+,17-,18+,19+,20-,21-/m0/s1. The Morgan fingerprint density at radius 2 is 1.88 bits per heavy atom. The highest BCUT2D eigenvalue weighted by Gasteiger charge is 2.63. The molecule has 0 amide bonds. The number of allylic oxidation sites excluding steroid dienone is 1. The van der Waals surface area contributed by atoms with E-state index in [0.29, 0.717) is 30.6 Å². The molecule has 24 heavy (non-hydrogen) atoms. The van der Waals surface area contributed by atoms with Crippen molar-refractivity contribution >= 4 is 0 Å².